The normalized spacial score (nSPS) is 11.0. The van der Waals surface area contributed by atoms with Gasteiger partial charge in [0.2, 0.25) is 0 Å². The molecule has 4 heteroatoms. The minimum absolute atomic E-state index is 0.400. The van der Waals surface area contributed by atoms with Gasteiger partial charge >= 0.3 is 0 Å². The summed E-state index contributed by atoms with van der Waals surface area (Å²) in [6.45, 7) is 2.26. The molecule has 1 aromatic heterocycles. The lowest BCUT2D eigenvalue weighted by Gasteiger charge is -2.03. The van der Waals surface area contributed by atoms with E-state index in [-0.39, 0.29) is 0 Å². The van der Waals surface area contributed by atoms with Crippen molar-refractivity contribution in [1.82, 2.24) is 9.97 Å². The van der Waals surface area contributed by atoms with Crippen molar-refractivity contribution in [2.24, 2.45) is 0 Å². The molecule has 0 spiro atoms. The summed E-state index contributed by atoms with van der Waals surface area (Å²) in [4.78, 5) is 18.8. The van der Waals surface area contributed by atoms with E-state index >= 15 is 0 Å². The Balaban J connectivity index is 1.84. The van der Waals surface area contributed by atoms with Gasteiger partial charge in [-0.15, -0.1) is 0 Å². The number of nitrogens with zero attached hydrogens (tertiary/aromatic N) is 1. The van der Waals surface area contributed by atoms with Gasteiger partial charge < -0.3 is 10.7 Å². The third kappa shape index (κ3) is 10.9. The predicted octanol–water partition coefficient (Wildman–Crippen LogP) is 5.19. The second-order valence-corrected chi connectivity index (χ2v) is 6.62. The summed E-state index contributed by atoms with van der Waals surface area (Å²) < 4.78 is 0. The number of Topliss-reactive ketones (excluding diaryl/α,β-unsaturated/α-hetero) is 1. The topological polar surface area (TPSA) is 71.8 Å². The van der Waals surface area contributed by atoms with Crippen molar-refractivity contribution >= 4 is 11.7 Å². The largest absolute Gasteiger partial charge is 0.369 e. The van der Waals surface area contributed by atoms with Gasteiger partial charge in [-0.2, -0.15) is 0 Å². The first-order valence-corrected chi connectivity index (χ1v) is 9.53. The monoisotopic (exact) mass is 321 g/mol. The molecule has 0 fully saturated rings. The standard InChI is InChI=1S/C19H35N3O/c1-2-3-4-5-6-7-8-9-10-11-14-18(23)15-12-13-17-16-21-19(20)22-17/h16H,2-15H2,1H3,(H3,20,21,22). The first kappa shape index (κ1) is 19.7. The van der Waals surface area contributed by atoms with E-state index < -0.39 is 0 Å². The molecule has 132 valence electrons. The molecule has 0 radical (unpaired) electrons. The van der Waals surface area contributed by atoms with Crippen LogP contribution in [0.25, 0.3) is 0 Å². The van der Waals surface area contributed by atoms with E-state index in [0.29, 0.717) is 18.2 Å². The van der Waals surface area contributed by atoms with Gasteiger partial charge in [-0.1, -0.05) is 64.7 Å². The number of rotatable bonds is 15. The Morgan fingerprint density at radius 2 is 1.52 bits per heavy atom. The number of aromatic nitrogens is 2. The van der Waals surface area contributed by atoms with Crippen LogP contribution in [0.15, 0.2) is 6.20 Å². The molecule has 0 unspecified atom stereocenters. The third-order valence-corrected chi connectivity index (χ3v) is 4.36. The Morgan fingerprint density at radius 3 is 2.09 bits per heavy atom. The molecule has 0 amide bonds. The van der Waals surface area contributed by atoms with Crippen molar-refractivity contribution in [2.45, 2.75) is 96.8 Å². The Bertz CT molecular complexity index is 415. The van der Waals surface area contributed by atoms with Crippen LogP contribution in [0.3, 0.4) is 0 Å². The number of anilines is 1. The van der Waals surface area contributed by atoms with E-state index in [1.165, 1.54) is 57.8 Å². The molecule has 0 aliphatic heterocycles. The maximum atomic E-state index is 11.8. The van der Waals surface area contributed by atoms with Gasteiger partial charge in [0, 0.05) is 18.5 Å². The fourth-order valence-corrected chi connectivity index (χ4v) is 2.91. The predicted molar refractivity (Wildman–Crippen MR) is 97.4 cm³/mol. The van der Waals surface area contributed by atoms with E-state index in [0.717, 1.165) is 31.4 Å². The van der Waals surface area contributed by atoms with Gasteiger partial charge in [0.25, 0.3) is 0 Å². The number of carbonyl (C=O) groups is 1. The van der Waals surface area contributed by atoms with Crippen LogP contribution < -0.4 is 5.73 Å². The Labute approximate surface area is 141 Å². The lowest BCUT2D eigenvalue weighted by atomic mass is 10.0. The summed E-state index contributed by atoms with van der Waals surface area (Å²) in [5.74, 6) is 0.855. The fraction of sp³-hybridized carbons (Fsp3) is 0.789. The number of imidazole rings is 1. The molecular formula is C19H35N3O. The van der Waals surface area contributed by atoms with Gasteiger partial charge in [-0.05, 0) is 19.3 Å². The van der Waals surface area contributed by atoms with Crippen LogP contribution >= 0.6 is 0 Å². The zero-order chi connectivity index (χ0) is 16.8. The summed E-state index contributed by atoms with van der Waals surface area (Å²) in [5.41, 5.74) is 6.54. The van der Waals surface area contributed by atoms with Crippen molar-refractivity contribution in [1.29, 1.82) is 0 Å². The molecule has 1 aromatic rings. The summed E-state index contributed by atoms with van der Waals surface area (Å²) in [5, 5.41) is 0. The molecule has 0 saturated carbocycles. The number of nitrogen functional groups attached to an aromatic ring is 1. The van der Waals surface area contributed by atoms with E-state index in [2.05, 4.69) is 16.9 Å². The van der Waals surface area contributed by atoms with Crippen LogP contribution in [0.4, 0.5) is 5.95 Å². The van der Waals surface area contributed by atoms with Crippen LogP contribution in [-0.2, 0) is 11.2 Å². The van der Waals surface area contributed by atoms with Crippen LogP contribution in [0, 0.1) is 0 Å². The maximum absolute atomic E-state index is 11.8. The smallest absolute Gasteiger partial charge is 0.197 e. The summed E-state index contributed by atoms with van der Waals surface area (Å²) >= 11 is 0. The molecule has 1 rings (SSSR count). The summed E-state index contributed by atoms with van der Waals surface area (Å²) in [6.07, 6.45) is 18.1. The minimum Gasteiger partial charge on any atom is -0.369 e. The van der Waals surface area contributed by atoms with Crippen molar-refractivity contribution in [3.63, 3.8) is 0 Å². The molecule has 0 atom stereocenters. The van der Waals surface area contributed by atoms with E-state index in [4.69, 9.17) is 5.73 Å². The van der Waals surface area contributed by atoms with Crippen LogP contribution in [-0.4, -0.2) is 15.8 Å². The molecule has 1 heterocycles. The lowest BCUT2D eigenvalue weighted by Crippen LogP contribution is -1.99. The molecule has 0 bridgehead atoms. The number of ketones is 1. The SMILES string of the molecule is CCCCCCCCCCCCC(=O)CCCc1cnc(N)[nH]1. The number of aromatic amines is 1. The molecule has 0 aromatic carbocycles. The summed E-state index contributed by atoms with van der Waals surface area (Å²) in [7, 11) is 0. The zero-order valence-electron chi connectivity index (χ0n) is 14.9. The van der Waals surface area contributed by atoms with E-state index in [9.17, 15) is 4.79 Å². The molecule has 0 aliphatic rings. The number of unbranched alkanes of at least 4 members (excludes halogenated alkanes) is 9. The fourth-order valence-electron chi connectivity index (χ4n) is 2.91. The molecule has 4 nitrogen and oxygen atoms in total. The Morgan fingerprint density at radius 1 is 0.957 bits per heavy atom. The van der Waals surface area contributed by atoms with Gasteiger partial charge in [0.15, 0.2) is 5.95 Å². The Kier molecular flexibility index (Phi) is 11.3. The molecule has 0 aliphatic carbocycles. The van der Waals surface area contributed by atoms with Crippen LogP contribution in [0.2, 0.25) is 0 Å². The number of nitrogens with one attached hydrogen (secondary N) is 1. The highest BCUT2D eigenvalue weighted by atomic mass is 16.1. The van der Waals surface area contributed by atoms with Gasteiger partial charge in [-0.25, -0.2) is 4.98 Å². The molecule has 23 heavy (non-hydrogen) atoms. The second-order valence-electron chi connectivity index (χ2n) is 6.62. The van der Waals surface area contributed by atoms with Crippen LogP contribution in [0.5, 0.6) is 0 Å². The number of H-pyrrole nitrogens is 1. The summed E-state index contributed by atoms with van der Waals surface area (Å²) in [6, 6.07) is 0. The second kappa shape index (κ2) is 13.1. The van der Waals surface area contributed by atoms with Crippen molar-refractivity contribution < 1.29 is 4.79 Å². The highest BCUT2D eigenvalue weighted by Crippen LogP contribution is 2.12. The number of carbonyl (C=O) groups excluding carboxylic acids is 1. The molecule has 0 saturated heterocycles. The van der Waals surface area contributed by atoms with Crippen LogP contribution in [0.1, 0.15) is 96.1 Å². The van der Waals surface area contributed by atoms with Gasteiger partial charge in [0.1, 0.15) is 5.78 Å². The van der Waals surface area contributed by atoms with E-state index in [1.807, 2.05) is 0 Å². The first-order chi connectivity index (χ1) is 11.2. The number of hydrogen-bond donors (Lipinski definition) is 2. The van der Waals surface area contributed by atoms with Gasteiger partial charge in [-0.3, -0.25) is 4.79 Å². The zero-order valence-corrected chi connectivity index (χ0v) is 14.9. The molecular weight excluding hydrogens is 286 g/mol. The average molecular weight is 322 g/mol. The minimum atomic E-state index is 0.400. The van der Waals surface area contributed by atoms with E-state index in [1.54, 1.807) is 6.20 Å². The quantitative estimate of drug-likeness (QED) is 0.436. The highest BCUT2D eigenvalue weighted by molar-refractivity contribution is 5.78. The van der Waals surface area contributed by atoms with Crippen molar-refractivity contribution in [3.8, 4) is 0 Å². The van der Waals surface area contributed by atoms with Gasteiger partial charge in [0.05, 0.1) is 6.20 Å². The van der Waals surface area contributed by atoms with Crippen molar-refractivity contribution in [3.05, 3.63) is 11.9 Å². The number of hydrogen-bond acceptors (Lipinski definition) is 3. The third-order valence-electron chi connectivity index (χ3n) is 4.36. The molecule has 3 N–H and O–H groups in total. The first-order valence-electron chi connectivity index (χ1n) is 9.53. The number of nitrogens with two attached hydrogens (primary N) is 1. The average Bonchev–Trinajstić information content (AvgIpc) is 2.94. The number of aryl methyl sites for hydroxylation is 1. The maximum Gasteiger partial charge on any atom is 0.197 e. The lowest BCUT2D eigenvalue weighted by molar-refractivity contribution is -0.119. The van der Waals surface area contributed by atoms with Crippen molar-refractivity contribution in [2.75, 3.05) is 5.73 Å². The highest BCUT2D eigenvalue weighted by Gasteiger charge is 2.03. The Hall–Kier alpha value is -1.32.